The van der Waals surface area contributed by atoms with Crippen molar-refractivity contribution in [1.82, 2.24) is 19.7 Å². The second-order valence-corrected chi connectivity index (χ2v) is 4.39. The molecule has 0 radical (unpaired) electrons. The number of anilines is 1. The minimum atomic E-state index is -0.426. The van der Waals surface area contributed by atoms with Crippen LogP contribution in [-0.4, -0.2) is 32.3 Å². The maximum absolute atomic E-state index is 11.7. The number of hydrogen-bond acceptors (Lipinski definition) is 6. The summed E-state index contributed by atoms with van der Waals surface area (Å²) in [5.74, 6) is -0.0442. The van der Waals surface area contributed by atoms with Gasteiger partial charge in [0.25, 0.3) is 5.95 Å². The van der Waals surface area contributed by atoms with Crippen molar-refractivity contribution in [2.75, 3.05) is 12.3 Å². The first-order valence-corrected chi connectivity index (χ1v) is 6.28. The number of nitrogens with zero attached hydrogens (tertiary/aromatic N) is 4. The van der Waals surface area contributed by atoms with Gasteiger partial charge >= 0.3 is 5.97 Å². The van der Waals surface area contributed by atoms with Gasteiger partial charge in [-0.1, -0.05) is 0 Å². The summed E-state index contributed by atoms with van der Waals surface area (Å²) >= 11 is 0. The highest BCUT2D eigenvalue weighted by atomic mass is 16.5. The van der Waals surface area contributed by atoms with E-state index in [1.807, 2.05) is 13.8 Å². The van der Waals surface area contributed by atoms with Crippen LogP contribution in [0.25, 0.3) is 5.95 Å². The third-order valence-corrected chi connectivity index (χ3v) is 3.00. The van der Waals surface area contributed by atoms with Crippen molar-refractivity contribution in [2.45, 2.75) is 27.7 Å². The molecule has 20 heavy (non-hydrogen) atoms. The fourth-order valence-corrected chi connectivity index (χ4v) is 1.82. The summed E-state index contributed by atoms with van der Waals surface area (Å²) in [4.78, 5) is 20.2. The number of nitrogens with two attached hydrogens (primary N) is 1. The monoisotopic (exact) mass is 275 g/mol. The molecule has 0 aliphatic heterocycles. The lowest BCUT2D eigenvalue weighted by molar-refractivity contribution is 0.0524. The third-order valence-electron chi connectivity index (χ3n) is 3.00. The lowest BCUT2D eigenvalue weighted by atomic mass is 10.2. The van der Waals surface area contributed by atoms with Crippen LogP contribution in [0.4, 0.5) is 5.69 Å². The van der Waals surface area contributed by atoms with Crippen molar-refractivity contribution < 1.29 is 9.53 Å². The van der Waals surface area contributed by atoms with E-state index in [1.54, 1.807) is 18.5 Å². The average molecular weight is 275 g/mol. The summed E-state index contributed by atoms with van der Waals surface area (Å²) in [6, 6.07) is 0. The van der Waals surface area contributed by atoms with Crippen molar-refractivity contribution in [1.29, 1.82) is 0 Å². The number of aromatic nitrogens is 4. The first-order valence-electron chi connectivity index (χ1n) is 6.28. The van der Waals surface area contributed by atoms with Gasteiger partial charge in [0.15, 0.2) is 0 Å². The van der Waals surface area contributed by atoms with E-state index in [0.29, 0.717) is 29.5 Å². The Hall–Kier alpha value is -2.44. The van der Waals surface area contributed by atoms with E-state index in [1.165, 1.54) is 6.20 Å². The Morgan fingerprint density at radius 1 is 1.35 bits per heavy atom. The lowest BCUT2D eigenvalue weighted by Gasteiger charge is -2.07. The maximum atomic E-state index is 11.7. The molecule has 0 atom stereocenters. The molecule has 106 valence electrons. The zero-order chi connectivity index (χ0) is 14.9. The quantitative estimate of drug-likeness (QED) is 0.849. The maximum Gasteiger partial charge on any atom is 0.341 e. The smallest absolute Gasteiger partial charge is 0.341 e. The van der Waals surface area contributed by atoms with Crippen LogP contribution in [0.5, 0.6) is 0 Å². The number of carbonyl (C=O) groups excluding carboxylic acids is 1. The Labute approximate surface area is 116 Å². The van der Waals surface area contributed by atoms with Gasteiger partial charge in [-0.2, -0.15) is 5.10 Å². The molecule has 7 nitrogen and oxygen atoms in total. The van der Waals surface area contributed by atoms with Crippen LogP contribution < -0.4 is 5.73 Å². The van der Waals surface area contributed by atoms with Crippen LogP contribution in [0.15, 0.2) is 6.20 Å². The number of ether oxygens (including phenoxy) is 1. The molecule has 0 saturated heterocycles. The molecule has 2 rings (SSSR count). The molecule has 2 heterocycles. The number of hydrogen-bond donors (Lipinski definition) is 1. The second-order valence-electron chi connectivity index (χ2n) is 4.39. The summed E-state index contributed by atoms with van der Waals surface area (Å²) in [5.41, 5.74) is 8.88. The van der Waals surface area contributed by atoms with Crippen LogP contribution in [-0.2, 0) is 4.74 Å². The van der Waals surface area contributed by atoms with Crippen LogP contribution in [0, 0.1) is 20.8 Å². The summed E-state index contributed by atoms with van der Waals surface area (Å²) in [6.07, 6.45) is 1.45. The van der Waals surface area contributed by atoms with Gasteiger partial charge in [-0.15, -0.1) is 0 Å². The molecule has 0 amide bonds. The van der Waals surface area contributed by atoms with Gasteiger partial charge < -0.3 is 10.5 Å². The van der Waals surface area contributed by atoms with Gasteiger partial charge in [0, 0.05) is 6.20 Å². The van der Waals surface area contributed by atoms with E-state index < -0.39 is 5.97 Å². The van der Waals surface area contributed by atoms with E-state index in [0.717, 1.165) is 11.4 Å². The molecular formula is C13H17N5O2. The van der Waals surface area contributed by atoms with Gasteiger partial charge in [0.05, 0.1) is 34.9 Å². The molecule has 0 saturated carbocycles. The molecule has 0 aromatic carbocycles. The second kappa shape index (κ2) is 5.28. The molecule has 2 aromatic heterocycles. The highest BCUT2D eigenvalue weighted by Crippen LogP contribution is 2.18. The number of carbonyl (C=O) groups is 1. The van der Waals surface area contributed by atoms with Crippen molar-refractivity contribution in [2.24, 2.45) is 0 Å². The number of nitrogen functional groups attached to an aromatic ring is 1. The van der Waals surface area contributed by atoms with Gasteiger partial charge in [-0.3, -0.25) is 0 Å². The molecule has 2 N–H and O–H groups in total. The predicted octanol–water partition coefficient (Wildman–Crippen LogP) is 1.35. The SMILES string of the molecule is CCOC(=O)c1cnc(-n2nc(C)c(N)c2C)nc1C. The van der Waals surface area contributed by atoms with Crippen LogP contribution >= 0.6 is 0 Å². The van der Waals surface area contributed by atoms with Gasteiger partial charge in [0.1, 0.15) is 0 Å². The lowest BCUT2D eigenvalue weighted by Crippen LogP contribution is -2.12. The Morgan fingerprint density at radius 2 is 2.05 bits per heavy atom. The topological polar surface area (TPSA) is 95.9 Å². The van der Waals surface area contributed by atoms with E-state index >= 15 is 0 Å². The zero-order valence-corrected chi connectivity index (χ0v) is 12.0. The molecule has 0 aliphatic rings. The Bertz CT molecular complexity index is 663. The average Bonchev–Trinajstić information content (AvgIpc) is 2.66. The molecule has 0 spiro atoms. The summed E-state index contributed by atoms with van der Waals surface area (Å²) in [5, 5.41) is 4.28. The summed E-state index contributed by atoms with van der Waals surface area (Å²) in [7, 11) is 0. The molecule has 0 bridgehead atoms. The van der Waals surface area contributed by atoms with Crippen molar-refractivity contribution in [3.05, 3.63) is 28.8 Å². The van der Waals surface area contributed by atoms with Crippen LogP contribution in [0.1, 0.15) is 34.4 Å². The predicted molar refractivity (Wildman–Crippen MR) is 73.7 cm³/mol. The zero-order valence-electron chi connectivity index (χ0n) is 12.0. The van der Waals surface area contributed by atoms with Crippen LogP contribution in [0.2, 0.25) is 0 Å². The first-order chi connectivity index (χ1) is 9.45. The van der Waals surface area contributed by atoms with Crippen molar-refractivity contribution in [3.8, 4) is 5.95 Å². The normalized spacial score (nSPS) is 10.6. The molecule has 0 aliphatic carbocycles. The molecule has 7 heteroatoms. The summed E-state index contributed by atoms with van der Waals surface area (Å²) in [6.45, 7) is 7.45. The highest BCUT2D eigenvalue weighted by Gasteiger charge is 2.16. The fourth-order valence-electron chi connectivity index (χ4n) is 1.82. The first kappa shape index (κ1) is 14.0. The molecule has 0 fully saturated rings. The number of esters is 1. The largest absolute Gasteiger partial charge is 0.462 e. The van der Waals surface area contributed by atoms with Crippen LogP contribution in [0.3, 0.4) is 0 Å². The number of aryl methyl sites for hydroxylation is 2. The van der Waals surface area contributed by atoms with E-state index in [-0.39, 0.29) is 0 Å². The van der Waals surface area contributed by atoms with E-state index in [2.05, 4.69) is 15.1 Å². The van der Waals surface area contributed by atoms with Crippen molar-refractivity contribution in [3.63, 3.8) is 0 Å². The fraction of sp³-hybridized carbons (Fsp3) is 0.385. The standard InChI is InChI=1S/C13H17N5O2/c1-5-20-12(19)10-6-15-13(16-7(10)2)18-9(4)11(14)8(3)17-18/h6H,5,14H2,1-4H3. The molecule has 0 unspecified atom stereocenters. The van der Waals surface area contributed by atoms with E-state index in [4.69, 9.17) is 10.5 Å². The minimum Gasteiger partial charge on any atom is -0.462 e. The highest BCUT2D eigenvalue weighted by molar-refractivity contribution is 5.90. The van der Waals surface area contributed by atoms with Gasteiger partial charge in [-0.25, -0.2) is 19.4 Å². The van der Waals surface area contributed by atoms with E-state index in [9.17, 15) is 4.79 Å². The van der Waals surface area contributed by atoms with Crippen molar-refractivity contribution >= 4 is 11.7 Å². The molecule has 2 aromatic rings. The minimum absolute atomic E-state index is 0.314. The summed E-state index contributed by atoms with van der Waals surface area (Å²) < 4.78 is 6.50. The Balaban J connectivity index is 2.43. The Morgan fingerprint density at radius 3 is 2.55 bits per heavy atom. The molecular weight excluding hydrogens is 258 g/mol. The van der Waals surface area contributed by atoms with Gasteiger partial charge in [-0.05, 0) is 27.7 Å². The van der Waals surface area contributed by atoms with Gasteiger partial charge in [0.2, 0.25) is 0 Å². The Kier molecular flexibility index (Phi) is 3.69. The third kappa shape index (κ3) is 2.34. The number of rotatable bonds is 3.